The minimum absolute atomic E-state index is 1.07. The van der Waals surface area contributed by atoms with E-state index in [0.29, 0.717) is 0 Å². The molecule has 2 nitrogen and oxygen atoms in total. The van der Waals surface area contributed by atoms with E-state index in [1.165, 1.54) is 22.2 Å². The molecule has 3 rings (SSSR count). The molecule has 0 saturated carbocycles. The molecule has 0 spiro atoms. The van der Waals surface area contributed by atoms with Crippen LogP contribution in [0.25, 0.3) is 16.6 Å². The second kappa shape index (κ2) is 4.74. The maximum atomic E-state index is 4.79. The van der Waals surface area contributed by atoms with Crippen molar-refractivity contribution >= 4 is 22.7 Å². The highest BCUT2D eigenvalue weighted by atomic mass is 32.2. The molecule has 96 valence electrons. The van der Waals surface area contributed by atoms with Gasteiger partial charge in [-0.25, -0.2) is 4.98 Å². The predicted octanol–water partition coefficient (Wildman–Crippen LogP) is 4.36. The molecule has 3 aromatic rings. The number of benzene rings is 1. The van der Waals surface area contributed by atoms with Gasteiger partial charge in [-0.1, -0.05) is 11.6 Å². The Morgan fingerprint density at radius 3 is 2.53 bits per heavy atom. The van der Waals surface area contributed by atoms with Gasteiger partial charge in [0.15, 0.2) is 0 Å². The van der Waals surface area contributed by atoms with Crippen molar-refractivity contribution in [3.8, 4) is 5.69 Å². The number of hydrogen-bond donors (Lipinski definition) is 0. The van der Waals surface area contributed by atoms with Crippen LogP contribution in [0.2, 0.25) is 0 Å². The first-order valence-electron chi connectivity index (χ1n) is 6.29. The van der Waals surface area contributed by atoms with E-state index in [1.807, 2.05) is 12.1 Å². The Kier molecular flexibility index (Phi) is 3.07. The molecule has 0 bridgehead atoms. The van der Waals surface area contributed by atoms with Gasteiger partial charge in [0.1, 0.15) is 5.03 Å². The fourth-order valence-corrected chi connectivity index (χ4v) is 3.07. The highest BCUT2D eigenvalue weighted by Gasteiger charge is 2.12. The van der Waals surface area contributed by atoms with E-state index in [0.717, 1.165) is 10.5 Å². The third kappa shape index (κ3) is 2.04. The van der Waals surface area contributed by atoms with Gasteiger partial charge in [-0.15, -0.1) is 11.8 Å². The minimum atomic E-state index is 1.07. The fourth-order valence-electron chi connectivity index (χ4n) is 2.43. The molecule has 0 fully saturated rings. The van der Waals surface area contributed by atoms with Crippen molar-refractivity contribution in [2.24, 2.45) is 0 Å². The molecule has 0 aliphatic rings. The Labute approximate surface area is 117 Å². The van der Waals surface area contributed by atoms with Gasteiger partial charge in [0.2, 0.25) is 0 Å². The first-order chi connectivity index (χ1) is 9.20. The number of pyridine rings is 1. The van der Waals surface area contributed by atoms with E-state index in [2.05, 4.69) is 55.3 Å². The summed E-state index contributed by atoms with van der Waals surface area (Å²) in [6.45, 7) is 4.30. The van der Waals surface area contributed by atoms with Crippen molar-refractivity contribution in [2.75, 3.05) is 6.26 Å². The van der Waals surface area contributed by atoms with Gasteiger partial charge in [0.25, 0.3) is 0 Å². The minimum Gasteiger partial charge on any atom is -0.321 e. The molecule has 0 aliphatic heterocycles. The highest BCUT2D eigenvalue weighted by molar-refractivity contribution is 7.98. The lowest BCUT2D eigenvalue weighted by atomic mass is 10.1. The van der Waals surface area contributed by atoms with E-state index in [-0.39, 0.29) is 0 Å². The topological polar surface area (TPSA) is 17.8 Å². The molecule has 0 amide bonds. The van der Waals surface area contributed by atoms with Crippen LogP contribution in [-0.4, -0.2) is 15.8 Å². The molecule has 3 heteroatoms. The zero-order chi connectivity index (χ0) is 13.4. The lowest BCUT2D eigenvalue weighted by molar-refractivity contribution is 0.984. The first-order valence-corrected chi connectivity index (χ1v) is 7.51. The van der Waals surface area contributed by atoms with Gasteiger partial charge < -0.3 is 4.57 Å². The average Bonchev–Trinajstić information content (AvgIpc) is 2.93. The molecular formula is C16H16N2S. The normalized spacial score (nSPS) is 11.1. The molecular weight excluding hydrogens is 252 g/mol. The Morgan fingerprint density at radius 2 is 1.84 bits per heavy atom. The summed E-state index contributed by atoms with van der Waals surface area (Å²) < 4.78 is 2.15. The largest absolute Gasteiger partial charge is 0.321 e. The lowest BCUT2D eigenvalue weighted by Gasteiger charge is -2.14. The van der Waals surface area contributed by atoms with Crippen LogP contribution in [0.5, 0.6) is 0 Å². The smallest absolute Gasteiger partial charge is 0.121 e. The van der Waals surface area contributed by atoms with Crippen LogP contribution < -0.4 is 0 Å². The van der Waals surface area contributed by atoms with Crippen molar-refractivity contribution in [2.45, 2.75) is 18.9 Å². The molecule has 0 atom stereocenters. The molecule has 0 N–H and O–H groups in total. The van der Waals surface area contributed by atoms with E-state index in [4.69, 9.17) is 4.98 Å². The van der Waals surface area contributed by atoms with Crippen LogP contribution in [-0.2, 0) is 0 Å². The number of aromatic nitrogens is 2. The number of thioether (sulfide) groups is 1. The Morgan fingerprint density at radius 1 is 1.11 bits per heavy atom. The summed E-state index contributed by atoms with van der Waals surface area (Å²) >= 11 is 1.69. The molecule has 2 heterocycles. The third-order valence-electron chi connectivity index (χ3n) is 3.39. The summed E-state index contributed by atoms with van der Waals surface area (Å²) in [5.74, 6) is 0. The number of nitrogens with zero attached hydrogens (tertiary/aromatic N) is 2. The van der Waals surface area contributed by atoms with E-state index >= 15 is 0 Å². The van der Waals surface area contributed by atoms with E-state index < -0.39 is 0 Å². The number of aryl methyl sites for hydroxylation is 2. The number of fused-ring (bicyclic) bond motifs is 1. The second-order valence-corrected chi connectivity index (χ2v) is 5.50. The zero-order valence-electron chi connectivity index (χ0n) is 11.3. The Hall–Kier alpha value is -1.74. The van der Waals surface area contributed by atoms with E-state index in [9.17, 15) is 0 Å². The van der Waals surface area contributed by atoms with Crippen molar-refractivity contribution in [3.05, 3.63) is 53.9 Å². The summed E-state index contributed by atoms with van der Waals surface area (Å²) in [5.41, 5.74) is 4.82. The molecule has 19 heavy (non-hydrogen) atoms. The summed E-state index contributed by atoms with van der Waals surface area (Å²) in [6, 6.07) is 10.5. The number of hydrogen-bond acceptors (Lipinski definition) is 2. The Balaban J connectivity index is 2.39. The maximum Gasteiger partial charge on any atom is 0.121 e. The molecule has 1 aromatic carbocycles. The summed E-state index contributed by atoms with van der Waals surface area (Å²) in [7, 11) is 0. The average molecular weight is 268 g/mol. The molecule has 2 aromatic heterocycles. The SMILES string of the molecule is CSc1nc2ccc(C)cc2c(C)c1-n1cccc1. The highest BCUT2D eigenvalue weighted by Crippen LogP contribution is 2.31. The molecule has 0 saturated heterocycles. The fraction of sp³-hybridized carbons (Fsp3) is 0.188. The van der Waals surface area contributed by atoms with E-state index in [1.54, 1.807) is 11.8 Å². The van der Waals surface area contributed by atoms with Gasteiger partial charge in [0.05, 0.1) is 11.2 Å². The zero-order valence-corrected chi connectivity index (χ0v) is 12.2. The van der Waals surface area contributed by atoms with Crippen LogP contribution in [0, 0.1) is 13.8 Å². The van der Waals surface area contributed by atoms with Crippen LogP contribution >= 0.6 is 11.8 Å². The quantitative estimate of drug-likeness (QED) is 0.642. The van der Waals surface area contributed by atoms with Crippen LogP contribution in [0.3, 0.4) is 0 Å². The monoisotopic (exact) mass is 268 g/mol. The van der Waals surface area contributed by atoms with Gasteiger partial charge in [-0.3, -0.25) is 0 Å². The third-order valence-corrected chi connectivity index (χ3v) is 4.06. The van der Waals surface area contributed by atoms with Crippen LogP contribution in [0.1, 0.15) is 11.1 Å². The summed E-state index contributed by atoms with van der Waals surface area (Å²) in [5, 5.41) is 2.31. The standard InChI is InChI=1S/C16H16N2S/c1-11-6-7-14-13(10-11)12(2)15(16(17-14)19-3)18-8-4-5-9-18/h4-10H,1-3H3. The van der Waals surface area contributed by atoms with Crippen molar-refractivity contribution in [3.63, 3.8) is 0 Å². The Bertz CT molecular complexity index is 730. The van der Waals surface area contributed by atoms with Crippen molar-refractivity contribution in [1.29, 1.82) is 0 Å². The van der Waals surface area contributed by atoms with Gasteiger partial charge in [-0.2, -0.15) is 0 Å². The second-order valence-electron chi connectivity index (χ2n) is 4.71. The van der Waals surface area contributed by atoms with Gasteiger partial charge in [0, 0.05) is 17.8 Å². The van der Waals surface area contributed by atoms with Gasteiger partial charge in [-0.05, 0) is 49.9 Å². The van der Waals surface area contributed by atoms with Crippen LogP contribution in [0.15, 0.2) is 47.8 Å². The van der Waals surface area contributed by atoms with Crippen LogP contribution in [0.4, 0.5) is 0 Å². The van der Waals surface area contributed by atoms with Crippen molar-refractivity contribution in [1.82, 2.24) is 9.55 Å². The lowest BCUT2D eigenvalue weighted by Crippen LogP contribution is -2.00. The first kappa shape index (κ1) is 12.3. The summed E-state index contributed by atoms with van der Waals surface area (Å²) in [6.07, 6.45) is 6.23. The maximum absolute atomic E-state index is 4.79. The summed E-state index contributed by atoms with van der Waals surface area (Å²) in [4.78, 5) is 4.79. The van der Waals surface area contributed by atoms with Gasteiger partial charge >= 0.3 is 0 Å². The molecule has 0 radical (unpaired) electrons. The van der Waals surface area contributed by atoms with Crippen molar-refractivity contribution < 1.29 is 0 Å². The molecule has 0 unspecified atom stereocenters. The predicted molar refractivity (Wildman–Crippen MR) is 82.3 cm³/mol. The number of rotatable bonds is 2. The molecule has 0 aliphatic carbocycles.